The van der Waals surface area contributed by atoms with E-state index in [0.29, 0.717) is 12.2 Å². The van der Waals surface area contributed by atoms with Gasteiger partial charge in [0.15, 0.2) is 0 Å². The van der Waals surface area contributed by atoms with Gasteiger partial charge in [-0.1, -0.05) is 12.1 Å². The van der Waals surface area contributed by atoms with Crippen molar-refractivity contribution in [3.8, 4) is 0 Å². The molecule has 23 heavy (non-hydrogen) atoms. The van der Waals surface area contributed by atoms with Crippen molar-refractivity contribution < 1.29 is 32.2 Å². The lowest BCUT2D eigenvalue weighted by Gasteiger charge is -2.10. The zero-order valence-corrected chi connectivity index (χ0v) is 12.4. The molecule has 2 N–H and O–H groups in total. The van der Waals surface area contributed by atoms with Crippen molar-refractivity contribution in [3.05, 3.63) is 29.8 Å². The summed E-state index contributed by atoms with van der Waals surface area (Å²) in [4.78, 5) is 22.3. The Labute approximate surface area is 130 Å². The Hall–Kier alpha value is -2.13. The zero-order valence-electron chi connectivity index (χ0n) is 12.4. The van der Waals surface area contributed by atoms with Crippen molar-refractivity contribution in [2.24, 2.45) is 0 Å². The van der Waals surface area contributed by atoms with E-state index in [4.69, 9.17) is 9.47 Å². The maximum Gasteiger partial charge on any atom is 0.471 e. The monoisotopic (exact) mass is 334 g/mol. The number of hydrogen-bond acceptors (Lipinski definition) is 4. The smallest absolute Gasteiger partial charge is 0.382 e. The molecule has 0 heterocycles. The molecule has 9 heteroatoms. The number of carbonyl (C=O) groups is 2. The molecule has 2 amide bonds. The quantitative estimate of drug-likeness (QED) is 0.706. The first-order chi connectivity index (χ1) is 10.8. The second-order valence-electron chi connectivity index (χ2n) is 4.47. The number of hydrogen-bond donors (Lipinski definition) is 2. The Morgan fingerprint density at radius 3 is 2.61 bits per heavy atom. The molecule has 1 rings (SSSR count). The molecule has 0 fully saturated rings. The lowest BCUT2D eigenvalue weighted by Crippen LogP contribution is -2.30. The summed E-state index contributed by atoms with van der Waals surface area (Å²) in [5, 5.41) is 4.29. The molecule has 0 unspecified atom stereocenters. The van der Waals surface area contributed by atoms with Crippen LogP contribution < -0.4 is 10.6 Å². The van der Waals surface area contributed by atoms with E-state index in [1.165, 1.54) is 25.3 Å². The van der Waals surface area contributed by atoms with E-state index >= 15 is 0 Å². The number of anilines is 1. The van der Waals surface area contributed by atoms with Gasteiger partial charge in [-0.05, 0) is 17.7 Å². The Morgan fingerprint density at radius 1 is 1.22 bits per heavy atom. The Balaban J connectivity index is 2.45. The van der Waals surface area contributed by atoms with E-state index in [1.807, 2.05) is 0 Å². The van der Waals surface area contributed by atoms with Crippen LogP contribution in [0.15, 0.2) is 24.3 Å². The van der Waals surface area contributed by atoms with Crippen LogP contribution in [0.5, 0.6) is 0 Å². The maximum absolute atomic E-state index is 12.2. The predicted molar refractivity (Wildman–Crippen MR) is 75.7 cm³/mol. The van der Waals surface area contributed by atoms with Crippen molar-refractivity contribution in [2.45, 2.75) is 12.7 Å². The van der Waals surface area contributed by atoms with Crippen molar-refractivity contribution in [1.29, 1.82) is 0 Å². The first-order valence-electron chi connectivity index (χ1n) is 6.63. The van der Waals surface area contributed by atoms with Gasteiger partial charge in [-0.25, -0.2) is 0 Å². The van der Waals surface area contributed by atoms with E-state index in [1.54, 1.807) is 11.4 Å². The molecule has 0 aliphatic carbocycles. The van der Waals surface area contributed by atoms with Gasteiger partial charge >= 0.3 is 12.1 Å². The number of methoxy groups -OCH3 is 1. The second kappa shape index (κ2) is 9.11. The number of ether oxygens (including phenoxy) is 2. The standard InChI is InChI=1S/C14H17F3N2O4/c1-22-5-6-23-9-12(20)18-8-10-3-2-4-11(7-10)19-13(21)14(15,16)17/h2-4,7H,5-6,8-9H2,1H3,(H,18,20)(H,19,21). The van der Waals surface area contributed by atoms with Crippen LogP contribution in [0.4, 0.5) is 18.9 Å². The second-order valence-corrected chi connectivity index (χ2v) is 4.47. The molecule has 0 bridgehead atoms. The van der Waals surface area contributed by atoms with E-state index in [2.05, 4.69) is 5.32 Å². The van der Waals surface area contributed by atoms with Crippen LogP contribution >= 0.6 is 0 Å². The third-order valence-electron chi connectivity index (χ3n) is 2.60. The van der Waals surface area contributed by atoms with Gasteiger partial charge in [0.25, 0.3) is 0 Å². The van der Waals surface area contributed by atoms with Crippen LogP contribution in [0.25, 0.3) is 0 Å². The van der Waals surface area contributed by atoms with Crippen molar-refractivity contribution >= 4 is 17.5 Å². The zero-order chi connectivity index (χ0) is 17.3. The van der Waals surface area contributed by atoms with Crippen LogP contribution in [0, 0.1) is 0 Å². The third kappa shape index (κ3) is 7.61. The summed E-state index contributed by atoms with van der Waals surface area (Å²) in [5.74, 6) is -2.42. The largest absolute Gasteiger partial charge is 0.471 e. The van der Waals surface area contributed by atoms with Crippen LogP contribution in [-0.4, -0.2) is 44.9 Å². The summed E-state index contributed by atoms with van der Waals surface area (Å²) in [6.07, 6.45) is -4.95. The fraction of sp³-hybridized carbons (Fsp3) is 0.429. The van der Waals surface area contributed by atoms with Crippen molar-refractivity contribution in [3.63, 3.8) is 0 Å². The molecule has 0 radical (unpaired) electrons. The molecule has 1 aromatic rings. The molecule has 0 saturated heterocycles. The predicted octanol–water partition coefficient (Wildman–Crippen LogP) is 1.47. The van der Waals surface area contributed by atoms with Crippen LogP contribution in [0.1, 0.15) is 5.56 Å². The first-order valence-corrected chi connectivity index (χ1v) is 6.63. The van der Waals surface area contributed by atoms with Crippen LogP contribution in [-0.2, 0) is 25.6 Å². The third-order valence-corrected chi connectivity index (χ3v) is 2.60. The summed E-state index contributed by atoms with van der Waals surface area (Å²) in [5.41, 5.74) is 0.533. The molecule has 128 valence electrons. The molecule has 0 saturated carbocycles. The molecule has 0 aliphatic heterocycles. The average molecular weight is 334 g/mol. The molecule has 0 aromatic heterocycles. The average Bonchev–Trinajstić information content (AvgIpc) is 2.49. The molecule has 0 spiro atoms. The maximum atomic E-state index is 12.2. The van der Waals surface area contributed by atoms with Gasteiger partial charge in [-0.2, -0.15) is 13.2 Å². The molecule has 6 nitrogen and oxygen atoms in total. The molecular formula is C14H17F3N2O4. The molecule has 0 aliphatic rings. The highest BCUT2D eigenvalue weighted by molar-refractivity contribution is 5.94. The van der Waals surface area contributed by atoms with E-state index in [-0.39, 0.29) is 31.4 Å². The number of carbonyl (C=O) groups excluding carboxylic acids is 2. The Morgan fingerprint density at radius 2 is 1.96 bits per heavy atom. The van der Waals surface area contributed by atoms with Crippen LogP contribution in [0.2, 0.25) is 0 Å². The van der Waals surface area contributed by atoms with Crippen LogP contribution in [0.3, 0.4) is 0 Å². The molecular weight excluding hydrogens is 317 g/mol. The summed E-state index contributed by atoms with van der Waals surface area (Å²) < 4.78 is 46.3. The number of benzene rings is 1. The Bertz CT molecular complexity index is 535. The fourth-order valence-electron chi connectivity index (χ4n) is 1.52. The highest BCUT2D eigenvalue weighted by atomic mass is 19.4. The topological polar surface area (TPSA) is 76.7 Å². The van der Waals surface area contributed by atoms with E-state index in [9.17, 15) is 22.8 Å². The first kappa shape index (κ1) is 18.9. The van der Waals surface area contributed by atoms with Gasteiger partial charge in [0, 0.05) is 19.3 Å². The number of amides is 2. The van der Waals surface area contributed by atoms with Gasteiger partial charge in [-0.3, -0.25) is 9.59 Å². The fourth-order valence-corrected chi connectivity index (χ4v) is 1.52. The number of nitrogens with one attached hydrogen (secondary N) is 2. The van der Waals surface area contributed by atoms with Gasteiger partial charge < -0.3 is 20.1 Å². The van der Waals surface area contributed by atoms with Gasteiger partial charge in [0.2, 0.25) is 5.91 Å². The minimum atomic E-state index is -4.95. The normalized spacial score (nSPS) is 11.1. The molecule has 0 atom stereocenters. The lowest BCUT2D eigenvalue weighted by atomic mass is 10.2. The number of alkyl halides is 3. The minimum Gasteiger partial charge on any atom is -0.382 e. The van der Waals surface area contributed by atoms with Crippen molar-refractivity contribution in [2.75, 3.05) is 32.2 Å². The van der Waals surface area contributed by atoms with Gasteiger partial charge in [0.05, 0.1) is 13.2 Å². The summed E-state index contributed by atoms with van der Waals surface area (Å²) in [6.45, 7) is 0.604. The van der Waals surface area contributed by atoms with Gasteiger partial charge in [0.1, 0.15) is 6.61 Å². The highest BCUT2D eigenvalue weighted by Gasteiger charge is 2.38. The minimum absolute atomic E-state index is 0.00424. The van der Waals surface area contributed by atoms with E-state index in [0.717, 1.165) is 0 Å². The summed E-state index contributed by atoms with van der Waals surface area (Å²) in [6, 6.07) is 5.75. The Kier molecular flexibility index (Phi) is 7.49. The SMILES string of the molecule is COCCOCC(=O)NCc1cccc(NC(=O)C(F)(F)F)c1. The number of rotatable bonds is 8. The van der Waals surface area contributed by atoms with E-state index < -0.39 is 12.1 Å². The highest BCUT2D eigenvalue weighted by Crippen LogP contribution is 2.18. The molecule has 1 aromatic carbocycles. The van der Waals surface area contributed by atoms with Gasteiger partial charge in [-0.15, -0.1) is 0 Å². The summed E-state index contributed by atoms with van der Waals surface area (Å²) >= 11 is 0. The summed E-state index contributed by atoms with van der Waals surface area (Å²) in [7, 11) is 1.51. The van der Waals surface area contributed by atoms with Crippen molar-refractivity contribution in [1.82, 2.24) is 5.32 Å². The number of halogens is 3. The lowest BCUT2D eigenvalue weighted by molar-refractivity contribution is -0.167.